The van der Waals surface area contributed by atoms with E-state index < -0.39 is 19.1 Å². The van der Waals surface area contributed by atoms with E-state index in [1.165, 1.54) is 25.1 Å². The van der Waals surface area contributed by atoms with Gasteiger partial charge in [0.25, 0.3) is 6.43 Å². The van der Waals surface area contributed by atoms with Crippen molar-refractivity contribution in [1.82, 2.24) is 5.32 Å². The van der Waals surface area contributed by atoms with Gasteiger partial charge in [-0.3, -0.25) is 0 Å². The Bertz CT molecular complexity index is 373. The quantitative estimate of drug-likeness (QED) is 0.794. The minimum absolute atomic E-state index is 0.0147. The summed E-state index contributed by atoms with van der Waals surface area (Å²) < 4.78 is 53.1. The highest BCUT2D eigenvalue weighted by molar-refractivity contribution is 5.30. The van der Waals surface area contributed by atoms with E-state index in [1.807, 2.05) is 0 Å². The van der Waals surface area contributed by atoms with Gasteiger partial charge in [0, 0.05) is 6.04 Å². The van der Waals surface area contributed by atoms with Crippen molar-refractivity contribution in [3.05, 3.63) is 29.8 Å². The maximum Gasteiger partial charge on any atom is 0.387 e. The van der Waals surface area contributed by atoms with Crippen molar-refractivity contribution in [2.45, 2.75) is 39.0 Å². The third-order valence-electron chi connectivity index (χ3n) is 2.47. The number of rotatable bonds is 6. The molecule has 1 aromatic rings. The minimum atomic E-state index is -2.90. The molecule has 0 aliphatic heterocycles. The molecular weight excluding hydrogens is 250 g/mol. The molecule has 0 fully saturated rings. The van der Waals surface area contributed by atoms with Crippen molar-refractivity contribution < 1.29 is 22.3 Å². The summed E-state index contributed by atoms with van der Waals surface area (Å²) in [5.74, 6) is 0.0147. The Morgan fingerprint density at radius 1 is 1.11 bits per heavy atom. The zero-order valence-corrected chi connectivity index (χ0v) is 10.0. The first-order chi connectivity index (χ1) is 8.40. The van der Waals surface area contributed by atoms with Crippen LogP contribution in [-0.2, 0) is 0 Å². The lowest BCUT2D eigenvalue weighted by molar-refractivity contribution is -0.0499. The first-order valence-electron chi connectivity index (χ1n) is 5.49. The van der Waals surface area contributed by atoms with Gasteiger partial charge in [0.1, 0.15) is 5.75 Å². The van der Waals surface area contributed by atoms with Gasteiger partial charge in [0.15, 0.2) is 0 Å². The highest BCUT2D eigenvalue weighted by Crippen LogP contribution is 2.21. The highest BCUT2D eigenvalue weighted by Gasteiger charge is 2.17. The lowest BCUT2D eigenvalue weighted by Crippen LogP contribution is -2.34. The molecule has 1 N–H and O–H groups in total. The monoisotopic (exact) mass is 265 g/mol. The SMILES string of the molecule is CC(NC(C)C(F)F)c1cccc(OC(F)F)c1. The summed E-state index contributed by atoms with van der Waals surface area (Å²) in [6.07, 6.45) is -2.48. The van der Waals surface area contributed by atoms with Crippen LogP contribution in [0.2, 0.25) is 0 Å². The van der Waals surface area contributed by atoms with Gasteiger partial charge in [0.2, 0.25) is 0 Å². The first-order valence-corrected chi connectivity index (χ1v) is 5.49. The molecule has 0 aromatic heterocycles. The van der Waals surface area contributed by atoms with E-state index in [4.69, 9.17) is 0 Å². The molecule has 0 heterocycles. The lowest BCUT2D eigenvalue weighted by Gasteiger charge is -2.20. The van der Waals surface area contributed by atoms with Crippen molar-refractivity contribution in [3.63, 3.8) is 0 Å². The number of benzene rings is 1. The Hall–Kier alpha value is -1.30. The summed E-state index contributed by atoms with van der Waals surface area (Å²) in [6.45, 7) is 0.143. The van der Waals surface area contributed by atoms with Gasteiger partial charge in [-0.15, -0.1) is 0 Å². The van der Waals surface area contributed by atoms with Crippen LogP contribution in [0.3, 0.4) is 0 Å². The van der Waals surface area contributed by atoms with Crippen LogP contribution in [0.5, 0.6) is 5.75 Å². The second-order valence-corrected chi connectivity index (χ2v) is 3.96. The van der Waals surface area contributed by atoms with Crippen LogP contribution in [0.4, 0.5) is 17.6 Å². The van der Waals surface area contributed by atoms with Gasteiger partial charge in [-0.25, -0.2) is 8.78 Å². The van der Waals surface area contributed by atoms with Crippen LogP contribution in [0, 0.1) is 0 Å². The van der Waals surface area contributed by atoms with Gasteiger partial charge in [-0.05, 0) is 31.5 Å². The summed E-state index contributed by atoms with van der Waals surface area (Å²) in [5.41, 5.74) is 0.612. The Kier molecular flexibility index (Phi) is 5.40. The van der Waals surface area contributed by atoms with Crippen molar-refractivity contribution in [3.8, 4) is 5.75 Å². The average Bonchev–Trinajstić information content (AvgIpc) is 2.28. The van der Waals surface area contributed by atoms with Crippen LogP contribution in [-0.4, -0.2) is 19.1 Å². The van der Waals surface area contributed by atoms with Gasteiger partial charge in [-0.2, -0.15) is 8.78 Å². The largest absolute Gasteiger partial charge is 0.435 e. The fourth-order valence-corrected chi connectivity index (χ4v) is 1.52. The van der Waals surface area contributed by atoms with Crippen LogP contribution < -0.4 is 10.1 Å². The van der Waals surface area contributed by atoms with Crippen LogP contribution in [0.1, 0.15) is 25.5 Å². The van der Waals surface area contributed by atoms with E-state index >= 15 is 0 Å². The second-order valence-electron chi connectivity index (χ2n) is 3.96. The number of hydrogen-bond acceptors (Lipinski definition) is 2. The summed E-state index contributed by atoms with van der Waals surface area (Å²) in [7, 11) is 0. The summed E-state index contributed by atoms with van der Waals surface area (Å²) in [5, 5.41) is 2.68. The summed E-state index contributed by atoms with van der Waals surface area (Å²) in [6, 6.07) is 4.64. The zero-order valence-electron chi connectivity index (χ0n) is 10.0. The van der Waals surface area contributed by atoms with Gasteiger partial charge < -0.3 is 10.1 Å². The predicted molar refractivity (Wildman–Crippen MR) is 60.1 cm³/mol. The van der Waals surface area contributed by atoms with Crippen LogP contribution in [0.15, 0.2) is 24.3 Å². The molecule has 102 valence electrons. The van der Waals surface area contributed by atoms with E-state index in [0.29, 0.717) is 5.56 Å². The fourth-order valence-electron chi connectivity index (χ4n) is 1.52. The molecular formula is C12H15F4NO. The Labute approximate surface area is 103 Å². The molecule has 0 spiro atoms. The van der Waals surface area contributed by atoms with Crippen molar-refractivity contribution in [1.29, 1.82) is 0 Å². The molecule has 0 radical (unpaired) electrons. The van der Waals surface area contributed by atoms with Crippen LogP contribution in [0.25, 0.3) is 0 Å². The van der Waals surface area contributed by atoms with Gasteiger partial charge in [0.05, 0.1) is 6.04 Å². The first kappa shape index (κ1) is 14.8. The number of ether oxygens (including phenoxy) is 1. The topological polar surface area (TPSA) is 21.3 Å². The minimum Gasteiger partial charge on any atom is -0.435 e. The van der Waals surface area contributed by atoms with Crippen molar-refractivity contribution >= 4 is 0 Å². The highest BCUT2D eigenvalue weighted by atomic mass is 19.3. The molecule has 18 heavy (non-hydrogen) atoms. The summed E-state index contributed by atoms with van der Waals surface area (Å²) in [4.78, 5) is 0. The molecule has 1 aromatic carbocycles. The normalized spacial score (nSPS) is 14.9. The molecule has 2 nitrogen and oxygen atoms in total. The molecule has 0 aliphatic carbocycles. The number of nitrogens with one attached hydrogen (secondary N) is 1. The van der Waals surface area contributed by atoms with Crippen LogP contribution >= 0.6 is 0 Å². The second kappa shape index (κ2) is 6.58. The number of hydrogen-bond donors (Lipinski definition) is 1. The zero-order chi connectivity index (χ0) is 13.7. The Morgan fingerprint density at radius 2 is 1.78 bits per heavy atom. The van der Waals surface area contributed by atoms with E-state index in [-0.39, 0.29) is 11.8 Å². The molecule has 0 saturated carbocycles. The smallest absolute Gasteiger partial charge is 0.387 e. The molecule has 6 heteroatoms. The predicted octanol–water partition coefficient (Wildman–Crippen LogP) is 3.59. The van der Waals surface area contributed by atoms with Gasteiger partial charge in [-0.1, -0.05) is 12.1 Å². The van der Waals surface area contributed by atoms with E-state index in [2.05, 4.69) is 10.1 Å². The fraction of sp³-hybridized carbons (Fsp3) is 0.500. The third-order valence-corrected chi connectivity index (χ3v) is 2.47. The maximum atomic E-state index is 12.4. The average molecular weight is 265 g/mol. The third kappa shape index (κ3) is 4.52. The maximum absolute atomic E-state index is 12.4. The standard InChI is InChI=1S/C12H15F4NO/c1-7(17-8(2)11(13)14)9-4-3-5-10(6-9)18-12(15)16/h3-8,11-12,17H,1-2H3. The number of alkyl halides is 4. The molecule has 1 rings (SSSR count). The van der Waals surface area contributed by atoms with Crippen molar-refractivity contribution in [2.24, 2.45) is 0 Å². The molecule has 0 amide bonds. The summed E-state index contributed by atoms with van der Waals surface area (Å²) >= 11 is 0. The van der Waals surface area contributed by atoms with Crippen molar-refractivity contribution in [2.75, 3.05) is 0 Å². The molecule has 2 unspecified atom stereocenters. The molecule has 0 aliphatic rings. The molecule has 0 bridgehead atoms. The molecule has 0 saturated heterocycles. The molecule has 2 atom stereocenters. The van der Waals surface area contributed by atoms with E-state index in [9.17, 15) is 17.6 Å². The van der Waals surface area contributed by atoms with E-state index in [1.54, 1.807) is 13.0 Å². The van der Waals surface area contributed by atoms with Gasteiger partial charge >= 0.3 is 6.61 Å². The lowest BCUT2D eigenvalue weighted by atomic mass is 10.1. The van der Waals surface area contributed by atoms with E-state index in [0.717, 1.165) is 0 Å². The Balaban J connectivity index is 2.70. The Morgan fingerprint density at radius 3 is 2.33 bits per heavy atom. The number of halogens is 4.